The summed E-state index contributed by atoms with van der Waals surface area (Å²) < 4.78 is 0. The van der Waals surface area contributed by atoms with E-state index in [0.717, 1.165) is 17.5 Å². The van der Waals surface area contributed by atoms with Gasteiger partial charge in [-0.2, -0.15) is 10.5 Å². The number of tetrazole rings is 1. The molecule has 1 aliphatic heterocycles. The summed E-state index contributed by atoms with van der Waals surface area (Å²) in [6.07, 6.45) is 1.95. The molecule has 0 bridgehead atoms. The maximum Gasteiger partial charge on any atom is 0.253 e. The first-order valence-corrected chi connectivity index (χ1v) is 13.5. The number of aromatic nitrogens is 4. The van der Waals surface area contributed by atoms with Crippen molar-refractivity contribution in [1.29, 1.82) is 5.26 Å². The van der Waals surface area contributed by atoms with Crippen molar-refractivity contribution < 1.29 is 14.4 Å². The van der Waals surface area contributed by atoms with E-state index in [0.29, 0.717) is 42.9 Å². The monoisotopic (exact) mass is 557 g/mol. The molecule has 1 fully saturated rings. The molecule has 214 valence electrons. The van der Waals surface area contributed by atoms with Crippen LogP contribution in [0.15, 0.2) is 48.5 Å². The third kappa shape index (κ3) is 6.10. The number of aromatic amines is 1. The molecule has 12 heteroatoms. The maximum atomic E-state index is 12.8. The molecule has 1 unspecified atom stereocenters. The van der Waals surface area contributed by atoms with Crippen molar-refractivity contribution in [3.8, 4) is 6.07 Å². The molecule has 2 aromatic carbocycles. The lowest BCUT2D eigenvalue weighted by atomic mass is 9.71. The zero-order chi connectivity index (χ0) is 29.6. The van der Waals surface area contributed by atoms with Gasteiger partial charge in [-0.05, 0) is 61.2 Å². The molecule has 0 spiro atoms. The van der Waals surface area contributed by atoms with Crippen molar-refractivity contribution in [2.75, 3.05) is 47.8 Å². The summed E-state index contributed by atoms with van der Waals surface area (Å²) in [5.74, 6) is 0.0578. The van der Waals surface area contributed by atoms with E-state index in [1.54, 1.807) is 57.4 Å². The number of nitrogens with one attached hydrogen (secondary N) is 2. The SMILES string of the molecule is CN(C)C(=O)c1ccc(C(CCNCC(=O)N2CCCC2C#N)(c2ccc(C(=O)N(C)C)cc2)c2nn[nH]n2)cc1. The summed E-state index contributed by atoms with van der Waals surface area (Å²) in [5.41, 5.74) is 1.78. The van der Waals surface area contributed by atoms with Gasteiger partial charge in [-0.1, -0.05) is 29.5 Å². The Morgan fingerprint density at radius 2 is 1.56 bits per heavy atom. The van der Waals surface area contributed by atoms with Crippen LogP contribution in [0.25, 0.3) is 0 Å². The van der Waals surface area contributed by atoms with Gasteiger partial charge in [0.2, 0.25) is 5.91 Å². The highest BCUT2D eigenvalue weighted by atomic mass is 16.2. The molecular formula is C29H35N9O3. The largest absolute Gasteiger partial charge is 0.345 e. The number of hydrogen-bond donors (Lipinski definition) is 2. The number of carbonyl (C=O) groups excluding carboxylic acids is 3. The minimum atomic E-state index is -0.925. The normalized spacial score (nSPS) is 14.9. The van der Waals surface area contributed by atoms with Gasteiger partial charge in [0.1, 0.15) is 6.04 Å². The van der Waals surface area contributed by atoms with Gasteiger partial charge in [0.05, 0.1) is 18.0 Å². The molecule has 4 rings (SSSR count). The molecule has 1 atom stereocenters. The highest BCUT2D eigenvalue weighted by Gasteiger charge is 2.40. The van der Waals surface area contributed by atoms with E-state index in [9.17, 15) is 19.6 Å². The lowest BCUT2D eigenvalue weighted by Crippen LogP contribution is -2.42. The molecule has 41 heavy (non-hydrogen) atoms. The third-order valence-electron chi connectivity index (χ3n) is 7.46. The highest BCUT2D eigenvalue weighted by molar-refractivity contribution is 5.94. The van der Waals surface area contributed by atoms with Crippen LogP contribution in [0.3, 0.4) is 0 Å². The van der Waals surface area contributed by atoms with Crippen LogP contribution in [0.4, 0.5) is 0 Å². The van der Waals surface area contributed by atoms with E-state index in [1.807, 2.05) is 24.3 Å². The molecule has 1 saturated heterocycles. The van der Waals surface area contributed by atoms with Crippen LogP contribution in [-0.4, -0.2) is 107 Å². The molecule has 0 radical (unpaired) electrons. The zero-order valence-corrected chi connectivity index (χ0v) is 23.8. The average Bonchev–Trinajstić information content (AvgIpc) is 3.70. The van der Waals surface area contributed by atoms with Gasteiger partial charge in [0.25, 0.3) is 11.8 Å². The van der Waals surface area contributed by atoms with Gasteiger partial charge in [0.15, 0.2) is 5.82 Å². The van der Waals surface area contributed by atoms with Gasteiger partial charge in [-0.15, -0.1) is 10.2 Å². The van der Waals surface area contributed by atoms with Crippen molar-refractivity contribution in [2.45, 2.75) is 30.7 Å². The highest BCUT2D eigenvalue weighted by Crippen LogP contribution is 2.40. The molecule has 0 aliphatic carbocycles. The summed E-state index contributed by atoms with van der Waals surface area (Å²) >= 11 is 0. The van der Waals surface area contributed by atoms with Crippen molar-refractivity contribution in [3.63, 3.8) is 0 Å². The Kier molecular flexibility index (Phi) is 9.09. The van der Waals surface area contributed by atoms with Gasteiger partial charge >= 0.3 is 0 Å². The Balaban J connectivity index is 1.69. The van der Waals surface area contributed by atoms with E-state index in [2.05, 4.69) is 32.0 Å². The minimum Gasteiger partial charge on any atom is -0.345 e. The number of rotatable bonds is 10. The Bertz CT molecular complexity index is 1330. The fourth-order valence-corrected chi connectivity index (χ4v) is 5.25. The predicted molar refractivity (Wildman–Crippen MR) is 151 cm³/mol. The Hall–Kier alpha value is -4.63. The number of nitrogens with zero attached hydrogens (tertiary/aromatic N) is 7. The average molecular weight is 558 g/mol. The van der Waals surface area contributed by atoms with E-state index in [-0.39, 0.29) is 30.3 Å². The summed E-state index contributed by atoms with van der Waals surface area (Å²) in [4.78, 5) is 42.6. The summed E-state index contributed by atoms with van der Waals surface area (Å²) in [7, 11) is 6.80. The summed E-state index contributed by atoms with van der Waals surface area (Å²) in [6.45, 7) is 1.08. The van der Waals surface area contributed by atoms with Crippen LogP contribution in [-0.2, 0) is 10.2 Å². The van der Waals surface area contributed by atoms with Gasteiger partial charge in [-0.3, -0.25) is 14.4 Å². The quantitative estimate of drug-likeness (QED) is 0.355. The molecule has 2 N–H and O–H groups in total. The van der Waals surface area contributed by atoms with Crippen LogP contribution < -0.4 is 5.32 Å². The first-order chi connectivity index (χ1) is 19.7. The number of benzene rings is 2. The summed E-state index contributed by atoms with van der Waals surface area (Å²) in [6, 6.07) is 16.4. The summed E-state index contributed by atoms with van der Waals surface area (Å²) in [5, 5.41) is 27.7. The number of nitriles is 1. The Morgan fingerprint density at radius 3 is 2.02 bits per heavy atom. The van der Waals surface area contributed by atoms with E-state index < -0.39 is 5.41 Å². The second-order valence-electron chi connectivity index (χ2n) is 10.5. The van der Waals surface area contributed by atoms with Crippen molar-refractivity contribution in [2.24, 2.45) is 0 Å². The molecule has 0 saturated carbocycles. The van der Waals surface area contributed by atoms with Crippen molar-refractivity contribution >= 4 is 17.7 Å². The second kappa shape index (κ2) is 12.7. The minimum absolute atomic E-state index is 0.0903. The lowest BCUT2D eigenvalue weighted by molar-refractivity contribution is -0.130. The third-order valence-corrected chi connectivity index (χ3v) is 7.46. The fourth-order valence-electron chi connectivity index (χ4n) is 5.25. The number of amides is 3. The zero-order valence-electron chi connectivity index (χ0n) is 23.8. The molecule has 2 heterocycles. The smallest absolute Gasteiger partial charge is 0.253 e. The van der Waals surface area contributed by atoms with Crippen LogP contribution in [0.5, 0.6) is 0 Å². The molecule has 12 nitrogen and oxygen atoms in total. The van der Waals surface area contributed by atoms with Crippen LogP contribution >= 0.6 is 0 Å². The van der Waals surface area contributed by atoms with Crippen LogP contribution in [0, 0.1) is 11.3 Å². The van der Waals surface area contributed by atoms with Crippen molar-refractivity contribution in [1.82, 2.24) is 40.6 Å². The van der Waals surface area contributed by atoms with E-state index in [1.165, 1.54) is 9.80 Å². The standard InChI is InChI=1S/C29H35N9O3/c1-36(2)26(40)20-7-11-22(12-8-20)29(28-32-34-35-33-28,23-13-9-21(10-14-23)27(41)37(3)4)15-16-31-19-25(39)38-17-5-6-24(38)18-30/h7-14,24,31H,5-6,15-17,19H2,1-4H3,(H,32,33,34,35). The fraction of sp³-hybridized carbons (Fsp3) is 0.414. The molecular weight excluding hydrogens is 522 g/mol. The van der Waals surface area contributed by atoms with Gasteiger partial charge in [-0.25, -0.2) is 0 Å². The van der Waals surface area contributed by atoms with Crippen molar-refractivity contribution in [3.05, 3.63) is 76.6 Å². The number of hydrogen-bond acceptors (Lipinski definition) is 8. The molecule has 1 aromatic heterocycles. The van der Waals surface area contributed by atoms with Crippen LogP contribution in [0.2, 0.25) is 0 Å². The molecule has 3 amide bonds. The lowest BCUT2D eigenvalue weighted by Gasteiger charge is -2.33. The first-order valence-electron chi connectivity index (χ1n) is 13.5. The van der Waals surface area contributed by atoms with E-state index >= 15 is 0 Å². The topological polar surface area (TPSA) is 151 Å². The predicted octanol–water partition coefficient (Wildman–Crippen LogP) is 1.43. The second-order valence-corrected chi connectivity index (χ2v) is 10.5. The van der Waals surface area contributed by atoms with E-state index in [4.69, 9.17) is 0 Å². The maximum absolute atomic E-state index is 12.8. The van der Waals surface area contributed by atoms with Crippen LogP contribution in [0.1, 0.15) is 56.9 Å². The first kappa shape index (κ1) is 29.4. The number of H-pyrrole nitrogens is 1. The van der Waals surface area contributed by atoms with Gasteiger partial charge < -0.3 is 20.0 Å². The Labute approximate surface area is 239 Å². The number of carbonyl (C=O) groups is 3. The number of likely N-dealkylation sites (tertiary alicyclic amines) is 1. The molecule has 3 aromatic rings. The van der Waals surface area contributed by atoms with Gasteiger partial charge in [0, 0.05) is 45.9 Å². The Morgan fingerprint density at radius 1 is 1.00 bits per heavy atom. The molecule has 1 aliphatic rings.